The SMILES string of the molecule is O=S(=O)(c1ccc(Cl)cc1)N1CC(c2nc(C3CC3)no2)C1. The van der Waals surface area contributed by atoms with Gasteiger partial charge >= 0.3 is 0 Å². The quantitative estimate of drug-likeness (QED) is 0.854. The van der Waals surface area contributed by atoms with E-state index in [1.165, 1.54) is 16.4 Å². The fourth-order valence-electron chi connectivity index (χ4n) is 2.47. The molecule has 0 atom stereocenters. The molecule has 0 spiro atoms. The summed E-state index contributed by atoms with van der Waals surface area (Å²) >= 11 is 5.79. The Hall–Kier alpha value is -1.44. The Kier molecular flexibility index (Phi) is 3.25. The molecular formula is C14H14ClN3O3S. The summed E-state index contributed by atoms with van der Waals surface area (Å²) in [7, 11) is -3.47. The Morgan fingerprint density at radius 3 is 2.45 bits per heavy atom. The van der Waals surface area contributed by atoms with Crippen molar-refractivity contribution in [1.29, 1.82) is 0 Å². The van der Waals surface area contributed by atoms with Crippen LogP contribution in [0.2, 0.25) is 5.02 Å². The van der Waals surface area contributed by atoms with Crippen molar-refractivity contribution < 1.29 is 12.9 Å². The van der Waals surface area contributed by atoms with E-state index in [2.05, 4.69) is 10.1 Å². The van der Waals surface area contributed by atoms with Crippen LogP contribution in [0.1, 0.15) is 36.4 Å². The molecule has 22 heavy (non-hydrogen) atoms. The minimum Gasteiger partial charge on any atom is -0.339 e. The minimum absolute atomic E-state index is 0.0120. The molecule has 1 saturated heterocycles. The van der Waals surface area contributed by atoms with Crippen LogP contribution in [-0.4, -0.2) is 36.0 Å². The van der Waals surface area contributed by atoms with Crippen LogP contribution in [0.3, 0.4) is 0 Å². The summed E-state index contributed by atoms with van der Waals surface area (Å²) in [6.07, 6.45) is 2.22. The molecule has 0 N–H and O–H groups in total. The molecule has 2 aliphatic rings. The summed E-state index contributed by atoms with van der Waals surface area (Å²) in [4.78, 5) is 4.63. The number of rotatable bonds is 4. The summed E-state index contributed by atoms with van der Waals surface area (Å²) in [5, 5.41) is 4.48. The van der Waals surface area contributed by atoms with E-state index >= 15 is 0 Å². The van der Waals surface area contributed by atoms with Crippen molar-refractivity contribution in [3.63, 3.8) is 0 Å². The van der Waals surface area contributed by atoms with Crippen molar-refractivity contribution in [2.75, 3.05) is 13.1 Å². The summed E-state index contributed by atoms with van der Waals surface area (Å²) in [6, 6.07) is 6.18. The van der Waals surface area contributed by atoms with Crippen molar-refractivity contribution in [2.24, 2.45) is 0 Å². The zero-order valence-electron chi connectivity index (χ0n) is 11.6. The molecule has 116 valence electrons. The van der Waals surface area contributed by atoms with Gasteiger partial charge in [0.2, 0.25) is 15.9 Å². The van der Waals surface area contributed by atoms with Gasteiger partial charge in [0.05, 0.1) is 10.8 Å². The average Bonchev–Trinajstić information content (AvgIpc) is 3.17. The van der Waals surface area contributed by atoms with E-state index in [0.29, 0.717) is 29.9 Å². The number of benzene rings is 1. The lowest BCUT2D eigenvalue weighted by Crippen LogP contribution is -2.48. The van der Waals surface area contributed by atoms with E-state index in [0.717, 1.165) is 18.7 Å². The highest BCUT2D eigenvalue weighted by Crippen LogP contribution is 2.39. The lowest BCUT2D eigenvalue weighted by atomic mass is 10.0. The second kappa shape index (κ2) is 5.04. The minimum atomic E-state index is -3.47. The maximum Gasteiger partial charge on any atom is 0.243 e. The van der Waals surface area contributed by atoms with Gasteiger partial charge in [-0.05, 0) is 37.1 Å². The van der Waals surface area contributed by atoms with Gasteiger partial charge in [0.25, 0.3) is 0 Å². The Balaban J connectivity index is 1.46. The first-order valence-electron chi connectivity index (χ1n) is 7.13. The highest BCUT2D eigenvalue weighted by atomic mass is 35.5. The molecule has 1 aromatic heterocycles. The van der Waals surface area contributed by atoms with Crippen LogP contribution < -0.4 is 0 Å². The molecule has 2 aromatic rings. The van der Waals surface area contributed by atoms with Crippen LogP contribution in [0.25, 0.3) is 0 Å². The van der Waals surface area contributed by atoms with Crippen LogP contribution in [0.5, 0.6) is 0 Å². The molecule has 2 heterocycles. The van der Waals surface area contributed by atoms with E-state index in [4.69, 9.17) is 16.1 Å². The molecule has 1 aliphatic heterocycles. The molecule has 4 rings (SSSR count). The molecule has 0 unspecified atom stereocenters. The summed E-state index contributed by atoms with van der Waals surface area (Å²) < 4.78 is 31.6. The molecule has 2 fully saturated rings. The third-order valence-electron chi connectivity index (χ3n) is 4.05. The van der Waals surface area contributed by atoms with Gasteiger partial charge in [-0.1, -0.05) is 16.8 Å². The molecular weight excluding hydrogens is 326 g/mol. The molecule has 0 amide bonds. The van der Waals surface area contributed by atoms with E-state index in [1.54, 1.807) is 12.1 Å². The molecule has 0 bridgehead atoms. The fraction of sp³-hybridized carbons (Fsp3) is 0.429. The van der Waals surface area contributed by atoms with Crippen LogP contribution >= 0.6 is 11.6 Å². The normalized spacial score (nSPS) is 20.0. The van der Waals surface area contributed by atoms with Gasteiger partial charge < -0.3 is 4.52 Å². The lowest BCUT2D eigenvalue weighted by molar-refractivity contribution is 0.216. The van der Waals surface area contributed by atoms with Crippen LogP contribution in [0.4, 0.5) is 0 Å². The number of hydrogen-bond donors (Lipinski definition) is 0. The highest BCUT2D eigenvalue weighted by molar-refractivity contribution is 7.89. The maximum absolute atomic E-state index is 12.4. The third kappa shape index (κ3) is 2.43. The van der Waals surface area contributed by atoms with Crippen molar-refractivity contribution in [2.45, 2.75) is 29.6 Å². The van der Waals surface area contributed by atoms with Gasteiger partial charge in [-0.2, -0.15) is 9.29 Å². The standard InChI is InChI=1S/C14H14ClN3O3S/c15-11-3-5-12(6-4-11)22(19,20)18-7-10(8-18)14-16-13(17-21-14)9-1-2-9/h3-6,9-10H,1-2,7-8H2. The number of halogens is 1. The first-order chi connectivity index (χ1) is 10.5. The lowest BCUT2D eigenvalue weighted by Gasteiger charge is -2.35. The topological polar surface area (TPSA) is 76.3 Å². The van der Waals surface area contributed by atoms with Gasteiger partial charge in [0.15, 0.2) is 5.82 Å². The molecule has 6 nitrogen and oxygen atoms in total. The average molecular weight is 340 g/mol. The molecule has 8 heteroatoms. The smallest absolute Gasteiger partial charge is 0.243 e. The Morgan fingerprint density at radius 1 is 1.14 bits per heavy atom. The van der Waals surface area contributed by atoms with Crippen molar-refractivity contribution in [1.82, 2.24) is 14.4 Å². The Bertz CT molecular complexity index is 793. The van der Waals surface area contributed by atoms with E-state index < -0.39 is 10.0 Å². The van der Waals surface area contributed by atoms with Gasteiger partial charge in [-0.15, -0.1) is 0 Å². The van der Waals surface area contributed by atoms with Gasteiger partial charge in [0.1, 0.15) is 0 Å². The second-order valence-electron chi connectivity index (χ2n) is 5.74. The number of nitrogens with zero attached hydrogens (tertiary/aromatic N) is 3. The zero-order valence-corrected chi connectivity index (χ0v) is 13.2. The Labute approximate surface area is 133 Å². The first kappa shape index (κ1) is 14.2. The summed E-state index contributed by atoms with van der Waals surface area (Å²) in [5.41, 5.74) is 0. The number of hydrogen-bond acceptors (Lipinski definition) is 5. The van der Waals surface area contributed by atoms with Gasteiger partial charge in [0, 0.05) is 24.0 Å². The van der Waals surface area contributed by atoms with Crippen LogP contribution in [-0.2, 0) is 10.0 Å². The fourth-order valence-corrected chi connectivity index (χ4v) is 4.12. The predicted octanol–water partition coefficient (Wildman–Crippen LogP) is 2.39. The van der Waals surface area contributed by atoms with Crippen molar-refractivity contribution in [3.05, 3.63) is 41.0 Å². The van der Waals surface area contributed by atoms with Crippen molar-refractivity contribution >= 4 is 21.6 Å². The first-order valence-corrected chi connectivity index (χ1v) is 8.95. The maximum atomic E-state index is 12.4. The number of aromatic nitrogens is 2. The largest absolute Gasteiger partial charge is 0.339 e. The summed E-state index contributed by atoms with van der Waals surface area (Å²) in [6.45, 7) is 0.745. The monoisotopic (exact) mass is 339 g/mol. The second-order valence-corrected chi connectivity index (χ2v) is 8.11. The van der Waals surface area contributed by atoms with E-state index in [1.807, 2.05) is 0 Å². The summed E-state index contributed by atoms with van der Waals surface area (Å²) in [5.74, 6) is 1.73. The number of sulfonamides is 1. The van der Waals surface area contributed by atoms with Crippen LogP contribution in [0.15, 0.2) is 33.7 Å². The van der Waals surface area contributed by atoms with E-state index in [9.17, 15) is 8.42 Å². The van der Waals surface area contributed by atoms with Gasteiger partial charge in [-0.3, -0.25) is 0 Å². The predicted molar refractivity (Wildman–Crippen MR) is 79.2 cm³/mol. The molecule has 0 radical (unpaired) electrons. The van der Waals surface area contributed by atoms with Gasteiger partial charge in [-0.25, -0.2) is 8.42 Å². The van der Waals surface area contributed by atoms with Crippen molar-refractivity contribution in [3.8, 4) is 0 Å². The highest BCUT2D eigenvalue weighted by Gasteiger charge is 2.41. The van der Waals surface area contributed by atoms with E-state index in [-0.39, 0.29) is 10.8 Å². The third-order valence-corrected chi connectivity index (χ3v) is 6.15. The molecule has 1 aromatic carbocycles. The van der Waals surface area contributed by atoms with Crippen LogP contribution in [0, 0.1) is 0 Å². The Morgan fingerprint density at radius 2 is 1.82 bits per heavy atom. The molecule has 1 saturated carbocycles. The zero-order chi connectivity index (χ0) is 15.3. The molecule has 1 aliphatic carbocycles.